The molecule has 8 aromatic carbocycles. The number of ketones is 2. The highest BCUT2D eigenvalue weighted by molar-refractivity contribution is 6.38. The molecule has 0 saturated heterocycles. The van der Waals surface area contributed by atoms with Gasteiger partial charge in [-0.3, -0.25) is 39.1 Å². The van der Waals surface area contributed by atoms with Crippen molar-refractivity contribution in [2.75, 3.05) is 32.8 Å². The van der Waals surface area contributed by atoms with E-state index in [0.29, 0.717) is 57.8 Å². The summed E-state index contributed by atoms with van der Waals surface area (Å²) in [6, 6.07) is 47.0. The minimum atomic E-state index is -3.28. The number of aromatic nitrogens is 2. The van der Waals surface area contributed by atoms with Crippen molar-refractivity contribution in [3.05, 3.63) is 294 Å². The van der Waals surface area contributed by atoms with Crippen molar-refractivity contribution in [3.63, 3.8) is 0 Å². The average molecular weight is 1490 g/mol. The van der Waals surface area contributed by atoms with Crippen molar-refractivity contribution in [1.82, 2.24) is 14.9 Å². The van der Waals surface area contributed by atoms with E-state index in [1.807, 2.05) is 0 Å². The smallest absolute Gasteiger partial charge is 0.417 e. The largest absolute Gasteiger partial charge is 0.460 e. The van der Waals surface area contributed by atoms with Gasteiger partial charge in [-0.25, -0.2) is 40.7 Å². The molecule has 2 aromatic heterocycles. The summed E-state index contributed by atoms with van der Waals surface area (Å²) in [5.41, 5.74) is 7.45. The fraction of sp³-hybridized carbons (Fsp3) is 0.224. The molecule has 0 spiro atoms. The Bertz CT molecular complexity index is 4880. The molecular formula is C76H65ClF12N6O10. The Kier molecular flexibility index (Phi) is 26.5. The number of halogens is 13. The lowest BCUT2D eigenvalue weighted by atomic mass is 9.90. The third kappa shape index (κ3) is 20.8. The van der Waals surface area contributed by atoms with Gasteiger partial charge in [-0.2, -0.15) is 26.3 Å². The number of nitrogens with zero attached hydrogens (tertiary/aromatic N) is 3. The molecular weight excluding hydrogens is 1420 g/mol. The van der Waals surface area contributed by atoms with Gasteiger partial charge < -0.3 is 24.2 Å². The minimum absolute atomic E-state index is 0. The van der Waals surface area contributed by atoms with Crippen molar-refractivity contribution < 1.29 is 90.2 Å². The number of nitrogens with two attached hydrogens (primary N) is 1. The summed E-state index contributed by atoms with van der Waals surface area (Å²) in [4.78, 5) is 95.5. The Labute approximate surface area is 596 Å². The summed E-state index contributed by atoms with van der Waals surface area (Å²) in [6.45, 7) is 1.78. The topological polar surface area (TPSA) is 241 Å². The molecule has 0 aliphatic carbocycles. The van der Waals surface area contributed by atoms with Gasteiger partial charge in [-0.1, -0.05) is 176 Å². The number of H-pyrrole nitrogens is 2. The maximum Gasteiger partial charge on any atom is 0.417 e. The maximum absolute atomic E-state index is 15.2. The average Bonchev–Trinajstić information content (AvgIpc) is 1.57. The van der Waals surface area contributed by atoms with E-state index in [4.69, 9.17) is 8.83 Å². The predicted octanol–water partition coefficient (Wildman–Crippen LogP) is 16.0. The second-order valence-corrected chi connectivity index (χ2v) is 23.7. The van der Waals surface area contributed by atoms with E-state index < -0.39 is 103 Å². The summed E-state index contributed by atoms with van der Waals surface area (Å²) < 4.78 is 178. The van der Waals surface area contributed by atoms with Crippen LogP contribution in [0.15, 0.2) is 240 Å². The summed E-state index contributed by atoms with van der Waals surface area (Å²) in [5.74, 6) is -22.8. The number of benzene rings is 8. The molecule has 0 radical (unpaired) electrons. The van der Waals surface area contributed by atoms with Crippen molar-refractivity contribution in [2.24, 2.45) is 15.7 Å². The molecule has 1 unspecified atom stereocenters. The SMILES string of the molecule is CC(F)(F)CN.CC(F)(F)CN1C(=O)C2=C(C(c3cccc4[nH]c(=O)oc34)=NC2)C1c1ccc(C(F)(F)c2ccccc2)cc1.CC(F)(F)CN=Cc1ccc(C(F)(F)c2ccccc2)cc1.CCOC(=O)C(=O)CC(=O)c1cccc2[nH]c(=O)oc12.Cl.O=Cc1ccc(C(F)(F)c2ccccc2)cc1. The summed E-state index contributed by atoms with van der Waals surface area (Å²) in [5, 5.41) is 0. The zero-order valence-electron chi connectivity index (χ0n) is 56.0. The molecule has 29 heteroatoms. The first-order valence-electron chi connectivity index (χ1n) is 31.5. The van der Waals surface area contributed by atoms with Crippen LogP contribution in [0.3, 0.4) is 0 Å². The first-order chi connectivity index (χ1) is 49.1. The molecule has 4 N–H and O–H groups in total. The standard InChI is InChI=1S/C29H21F4N3O3.C17H15F4N.C14H10F2O.C13H11NO6.C3H7F2N.ClH/c1-28(30,31)15-36-24(16-10-12-18(13-11-16)29(32,33)17-6-3-2-4-7-17)22-20(26(36)37)14-34-23(22)19-8-5-9-21-25(19)39-27(38)35-21;1-16(18,19)12-22-11-13-7-9-15(10-8-13)17(20,21)14-5-3-2-4-6-14;15-14(16,12-4-2-1-3-5-12)13-8-6-11(10-17)7-9-13;1-2-19-12(17)10(16)6-9(15)7-4-3-5-8-11(7)20-13(18)14-8;1-3(4,5)2-6;/h2-13,24H,14-15H2,1H3,(H,35,38);2-11H,12H2,1H3;1-10H;3-5H,2,6H2,1H3,(H,14,18);2,6H2,1H3;1H. The van der Waals surface area contributed by atoms with Crippen molar-refractivity contribution >= 4 is 76.3 Å². The molecule has 550 valence electrons. The number of amides is 1. The molecule has 4 heterocycles. The number of fused-ring (bicyclic) bond motifs is 2. The molecule has 0 fully saturated rings. The normalized spacial score (nSPS) is 13.8. The number of aldehydes is 1. The van der Waals surface area contributed by atoms with E-state index >= 15 is 8.78 Å². The number of rotatable bonds is 20. The van der Waals surface area contributed by atoms with Crippen LogP contribution < -0.4 is 17.2 Å². The number of hydrogen-bond acceptors (Lipinski definition) is 13. The van der Waals surface area contributed by atoms with Crippen LogP contribution >= 0.6 is 12.4 Å². The number of esters is 1. The number of aromatic amines is 2. The molecule has 0 saturated carbocycles. The van der Waals surface area contributed by atoms with Crippen LogP contribution in [0.25, 0.3) is 22.2 Å². The van der Waals surface area contributed by atoms with Crippen LogP contribution in [0.2, 0.25) is 0 Å². The Morgan fingerprint density at radius 1 is 0.571 bits per heavy atom. The fourth-order valence-corrected chi connectivity index (χ4v) is 10.5. The molecule has 1 atom stereocenters. The first kappa shape index (κ1) is 81.0. The Morgan fingerprint density at radius 3 is 1.44 bits per heavy atom. The third-order valence-corrected chi connectivity index (χ3v) is 15.4. The number of oxazole rings is 2. The summed E-state index contributed by atoms with van der Waals surface area (Å²) in [7, 11) is 0. The number of para-hydroxylation sites is 2. The molecule has 2 aliphatic rings. The molecule has 1 amide bonds. The third-order valence-electron chi connectivity index (χ3n) is 15.4. The Balaban J connectivity index is 0.000000201. The van der Waals surface area contributed by atoms with Crippen LogP contribution in [0.4, 0.5) is 52.7 Å². The zero-order chi connectivity index (χ0) is 76.0. The number of alkyl halides is 12. The number of ether oxygens (including phenoxy) is 1. The van der Waals surface area contributed by atoms with Gasteiger partial charge in [0.1, 0.15) is 12.8 Å². The molecule has 16 nitrogen and oxygen atoms in total. The van der Waals surface area contributed by atoms with E-state index in [1.165, 1.54) is 140 Å². The highest BCUT2D eigenvalue weighted by Gasteiger charge is 2.48. The number of carbonyl (C=O) groups is 5. The second-order valence-electron chi connectivity index (χ2n) is 23.7. The van der Waals surface area contributed by atoms with E-state index in [-0.39, 0.29) is 81.2 Å². The zero-order valence-corrected chi connectivity index (χ0v) is 56.8. The lowest BCUT2D eigenvalue weighted by Crippen LogP contribution is -2.40. The second kappa shape index (κ2) is 34.4. The monoisotopic (exact) mass is 1480 g/mol. The number of Topliss-reactive ketones (excluding diaryl/α,β-unsaturated/α-hetero) is 2. The van der Waals surface area contributed by atoms with E-state index in [2.05, 4.69) is 30.4 Å². The highest BCUT2D eigenvalue weighted by Crippen LogP contribution is 2.46. The molecule has 105 heavy (non-hydrogen) atoms. The number of aliphatic imine (C=N–C) groups is 2. The van der Waals surface area contributed by atoms with E-state index in [1.54, 1.807) is 73.7 Å². The fourth-order valence-electron chi connectivity index (χ4n) is 10.5. The first-order valence-corrected chi connectivity index (χ1v) is 31.5. The molecule has 2 aliphatic heterocycles. The summed E-state index contributed by atoms with van der Waals surface area (Å²) >= 11 is 0. The van der Waals surface area contributed by atoms with Gasteiger partial charge >= 0.3 is 17.5 Å². The van der Waals surface area contributed by atoms with Gasteiger partial charge in [-0.15, -0.1) is 12.4 Å². The van der Waals surface area contributed by atoms with Gasteiger partial charge in [0.15, 0.2) is 16.9 Å². The number of nitrogens with one attached hydrogen (secondary N) is 2. The van der Waals surface area contributed by atoms with Gasteiger partial charge in [0, 0.05) is 82.6 Å². The minimum Gasteiger partial charge on any atom is -0.460 e. The molecule has 0 bridgehead atoms. The highest BCUT2D eigenvalue weighted by atomic mass is 35.5. The van der Waals surface area contributed by atoms with Crippen molar-refractivity contribution in [3.8, 4) is 0 Å². The van der Waals surface area contributed by atoms with E-state index in [9.17, 15) is 77.5 Å². The van der Waals surface area contributed by atoms with Gasteiger partial charge in [0.2, 0.25) is 5.78 Å². The Hall–Kier alpha value is -11.3. The lowest BCUT2D eigenvalue weighted by molar-refractivity contribution is -0.153. The van der Waals surface area contributed by atoms with Crippen LogP contribution in [-0.4, -0.2) is 107 Å². The number of carbonyl (C=O) groups excluding carboxylic acids is 5. The van der Waals surface area contributed by atoms with Crippen LogP contribution in [0.5, 0.6) is 0 Å². The quantitative estimate of drug-likeness (QED) is 0.0123. The lowest BCUT2D eigenvalue weighted by Gasteiger charge is -2.31. The van der Waals surface area contributed by atoms with Gasteiger partial charge in [-0.05, 0) is 42.3 Å². The van der Waals surface area contributed by atoms with Crippen LogP contribution in [-0.2, 0) is 36.9 Å². The molecule has 10 aromatic rings. The molecule has 12 rings (SSSR count). The summed E-state index contributed by atoms with van der Waals surface area (Å²) in [6.07, 6.45) is 1.25. The van der Waals surface area contributed by atoms with Crippen LogP contribution in [0, 0.1) is 0 Å². The van der Waals surface area contributed by atoms with Gasteiger partial charge in [0.25, 0.3) is 41.4 Å². The van der Waals surface area contributed by atoms with Gasteiger partial charge in [0.05, 0.1) is 61.0 Å². The van der Waals surface area contributed by atoms with Crippen molar-refractivity contribution in [2.45, 2.75) is 75.7 Å². The van der Waals surface area contributed by atoms with E-state index in [0.717, 1.165) is 18.7 Å². The van der Waals surface area contributed by atoms with Crippen LogP contribution in [0.1, 0.15) is 111 Å². The maximum atomic E-state index is 15.2. The van der Waals surface area contributed by atoms with Crippen molar-refractivity contribution in [1.29, 1.82) is 0 Å². The Morgan fingerprint density at radius 2 is 1.00 bits per heavy atom. The predicted molar refractivity (Wildman–Crippen MR) is 371 cm³/mol. The number of hydrogen-bond donors (Lipinski definition) is 3.